The molecular weight excluding hydrogens is 374 g/mol. The molecule has 150 valence electrons. The maximum absolute atomic E-state index is 12.7. The fourth-order valence-corrected chi connectivity index (χ4v) is 3.18. The van der Waals surface area contributed by atoms with E-state index in [0.717, 1.165) is 16.5 Å². The Morgan fingerprint density at radius 1 is 0.767 bits per heavy atom. The highest BCUT2D eigenvalue weighted by Crippen LogP contribution is 2.24. The van der Waals surface area contributed by atoms with E-state index >= 15 is 0 Å². The van der Waals surface area contributed by atoms with Gasteiger partial charge in [-0.3, -0.25) is 4.79 Å². The molecule has 0 aliphatic carbocycles. The van der Waals surface area contributed by atoms with Crippen LogP contribution in [-0.2, 0) is 4.79 Å². The molecule has 1 atom stereocenters. The van der Waals surface area contributed by atoms with Crippen molar-refractivity contribution in [3.05, 3.63) is 97.1 Å². The third kappa shape index (κ3) is 4.78. The average Bonchev–Trinajstić information content (AvgIpc) is 2.79. The predicted octanol–water partition coefficient (Wildman–Crippen LogP) is 6.43. The van der Waals surface area contributed by atoms with Gasteiger partial charge in [0.05, 0.1) is 0 Å². The van der Waals surface area contributed by atoms with Crippen molar-refractivity contribution in [1.29, 1.82) is 0 Å². The zero-order chi connectivity index (χ0) is 20.8. The number of para-hydroxylation sites is 1. The van der Waals surface area contributed by atoms with E-state index in [2.05, 4.69) is 5.32 Å². The van der Waals surface area contributed by atoms with Crippen LogP contribution in [0, 0.1) is 0 Å². The van der Waals surface area contributed by atoms with E-state index in [4.69, 9.17) is 9.47 Å². The zero-order valence-electron chi connectivity index (χ0n) is 16.7. The van der Waals surface area contributed by atoms with Gasteiger partial charge in [0.2, 0.25) is 0 Å². The molecule has 4 rings (SSSR count). The van der Waals surface area contributed by atoms with Crippen molar-refractivity contribution in [2.24, 2.45) is 0 Å². The molecule has 0 aliphatic rings. The molecule has 4 heteroatoms. The lowest BCUT2D eigenvalue weighted by Crippen LogP contribution is -2.32. The predicted molar refractivity (Wildman–Crippen MR) is 120 cm³/mol. The lowest BCUT2D eigenvalue weighted by Gasteiger charge is -2.18. The summed E-state index contributed by atoms with van der Waals surface area (Å²) in [6.07, 6.45) is -0.0140. The average molecular weight is 397 g/mol. The second-order valence-corrected chi connectivity index (χ2v) is 6.95. The van der Waals surface area contributed by atoms with E-state index in [1.807, 2.05) is 104 Å². The number of hydrogen-bond donors (Lipinski definition) is 1. The maximum Gasteiger partial charge on any atom is 0.265 e. The van der Waals surface area contributed by atoms with E-state index < -0.39 is 6.10 Å². The highest BCUT2D eigenvalue weighted by molar-refractivity contribution is 5.94. The van der Waals surface area contributed by atoms with Crippen molar-refractivity contribution >= 4 is 22.4 Å². The Balaban J connectivity index is 1.39. The van der Waals surface area contributed by atoms with Gasteiger partial charge in [-0.05, 0) is 65.7 Å². The summed E-state index contributed by atoms with van der Waals surface area (Å²) >= 11 is 0. The van der Waals surface area contributed by atoms with E-state index in [1.165, 1.54) is 0 Å². The van der Waals surface area contributed by atoms with Crippen molar-refractivity contribution in [2.45, 2.75) is 19.4 Å². The van der Waals surface area contributed by atoms with Gasteiger partial charge in [-0.2, -0.15) is 0 Å². The van der Waals surface area contributed by atoms with Crippen LogP contribution in [0.1, 0.15) is 13.3 Å². The van der Waals surface area contributed by atoms with Crippen LogP contribution < -0.4 is 14.8 Å². The summed E-state index contributed by atoms with van der Waals surface area (Å²) < 4.78 is 11.8. The SMILES string of the molecule is CC[C@H](Oc1ccc2ccccc2c1)C(=O)Nc1ccc(Oc2ccccc2)cc1. The van der Waals surface area contributed by atoms with Gasteiger partial charge >= 0.3 is 0 Å². The minimum absolute atomic E-state index is 0.178. The fraction of sp³-hybridized carbons (Fsp3) is 0.115. The Labute approximate surface area is 176 Å². The molecule has 4 aromatic rings. The number of carbonyl (C=O) groups excluding carboxylic acids is 1. The van der Waals surface area contributed by atoms with Crippen molar-refractivity contribution in [3.8, 4) is 17.2 Å². The van der Waals surface area contributed by atoms with Gasteiger partial charge < -0.3 is 14.8 Å². The molecule has 0 saturated heterocycles. The number of hydrogen-bond acceptors (Lipinski definition) is 3. The minimum Gasteiger partial charge on any atom is -0.481 e. The van der Waals surface area contributed by atoms with Crippen molar-refractivity contribution in [3.63, 3.8) is 0 Å². The highest BCUT2D eigenvalue weighted by Gasteiger charge is 2.18. The zero-order valence-corrected chi connectivity index (χ0v) is 16.7. The first-order chi connectivity index (χ1) is 14.7. The summed E-state index contributed by atoms with van der Waals surface area (Å²) in [5.74, 6) is 1.98. The second kappa shape index (κ2) is 9.14. The van der Waals surface area contributed by atoms with Crippen LogP contribution in [0.4, 0.5) is 5.69 Å². The molecular formula is C26H23NO3. The number of anilines is 1. The first-order valence-electron chi connectivity index (χ1n) is 10.0. The van der Waals surface area contributed by atoms with Crippen LogP contribution in [0.15, 0.2) is 97.1 Å². The second-order valence-electron chi connectivity index (χ2n) is 6.95. The van der Waals surface area contributed by atoms with Crippen LogP contribution in [0.5, 0.6) is 17.2 Å². The fourth-order valence-electron chi connectivity index (χ4n) is 3.18. The summed E-state index contributed by atoms with van der Waals surface area (Å²) in [5, 5.41) is 5.14. The third-order valence-electron chi connectivity index (χ3n) is 4.76. The van der Waals surface area contributed by atoms with Gasteiger partial charge in [-0.1, -0.05) is 55.5 Å². The van der Waals surface area contributed by atoms with Crippen LogP contribution in [0.25, 0.3) is 10.8 Å². The van der Waals surface area contributed by atoms with Crippen molar-refractivity contribution in [2.75, 3.05) is 5.32 Å². The van der Waals surface area contributed by atoms with Crippen molar-refractivity contribution < 1.29 is 14.3 Å². The molecule has 0 fully saturated rings. The molecule has 0 saturated carbocycles. The lowest BCUT2D eigenvalue weighted by atomic mass is 10.1. The largest absolute Gasteiger partial charge is 0.481 e. The molecule has 0 aliphatic heterocycles. The first-order valence-corrected chi connectivity index (χ1v) is 10.0. The van der Waals surface area contributed by atoms with Gasteiger partial charge in [-0.25, -0.2) is 0 Å². The molecule has 1 N–H and O–H groups in total. The smallest absolute Gasteiger partial charge is 0.265 e. The summed E-state index contributed by atoms with van der Waals surface area (Å²) in [6, 6.07) is 30.8. The molecule has 0 bridgehead atoms. The van der Waals surface area contributed by atoms with Gasteiger partial charge in [0.1, 0.15) is 17.2 Å². The Hall–Kier alpha value is -3.79. The summed E-state index contributed by atoms with van der Waals surface area (Å²) in [5.41, 5.74) is 0.695. The van der Waals surface area contributed by atoms with E-state index in [9.17, 15) is 4.79 Å². The first kappa shape index (κ1) is 19.5. The van der Waals surface area contributed by atoms with Gasteiger partial charge in [0, 0.05) is 5.69 Å². The number of amides is 1. The van der Waals surface area contributed by atoms with Crippen LogP contribution in [0.2, 0.25) is 0 Å². The summed E-state index contributed by atoms with van der Waals surface area (Å²) in [6.45, 7) is 1.93. The van der Waals surface area contributed by atoms with Crippen LogP contribution in [-0.4, -0.2) is 12.0 Å². The Morgan fingerprint density at radius 3 is 2.13 bits per heavy atom. The highest BCUT2D eigenvalue weighted by atomic mass is 16.5. The number of carbonyl (C=O) groups is 1. The Bertz CT molecular complexity index is 1120. The molecule has 0 radical (unpaired) electrons. The Morgan fingerprint density at radius 2 is 1.40 bits per heavy atom. The topological polar surface area (TPSA) is 47.6 Å². The maximum atomic E-state index is 12.7. The van der Waals surface area contributed by atoms with Crippen molar-refractivity contribution in [1.82, 2.24) is 0 Å². The quantitative estimate of drug-likeness (QED) is 0.391. The molecule has 4 aromatic carbocycles. The molecule has 4 nitrogen and oxygen atoms in total. The minimum atomic E-state index is -0.577. The molecule has 0 heterocycles. The molecule has 30 heavy (non-hydrogen) atoms. The number of nitrogens with one attached hydrogen (secondary N) is 1. The van der Waals surface area contributed by atoms with E-state index in [0.29, 0.717) is 23.6 Å². The normalized spacial score (nSPS) is 11.6. The van der Waals surface area contributed by atoms with Crippen LogP contribution >= 0.6 is 0 Å². The third-order valence-corrected chi connectivity index (χ3v) is 4.76. The number of fused-ring (bicyclic) bond motifs is 1. The number of benzene rings is 4. The molecule has 0 spiro atoms. The molecule has 1 amide bonds. The Kier molecular flexibility index (Phi) is 5.95. The summed E-state index contributed by atoms with van der Waals surface area (Å²) in [4.78, 5) is 12.7. The summed E-state index contributed by atoms with van der Waals surface area (Å²) in [7, 11) is 0. The number of ether oxygens (including phenoxy) is 2. The van der Waals surface area contributed by atoms with E-state index in [1.54, 1.807) is 0 Å². The van der Waals surface area contributed by atoms with E-state index in [-0.39, 0.29) is 5.91 Å². The number of rotatable bonds is 7. The lowest BCUT2D eigenvalue weighted by molar-refractivity contribution is -0.122. The molecule has 0 unspecified atom stereocenters. The van der Waals surface area contributed by atoms with Gasteiger partial charge in [0.25, 0.3) is 5.91 Å². The van der Waals surface area contributed by atoms with Gasteiger partial charge in [-0.15, -0.1) is 0 Å². The molecule has 0 aromatic heterocycles. The van der Waals surface area contributed by atoms with Gasteiger partial charge in [0.15, 0.2) is 6.10 Å². The standard InChI is InChI=1S/C26H23NO3/c1-2-25(30-24-15-12-19-8-6-7-9-20(19)18-24)26(28)27-21-13-16-23(17-14-21)29-22-10-4-3-5-11-22/h3-18,25H,2H2,1H3,(H,27,28)/t25-/m0/s1. The van der Waals surface area contributed by atoms with Crippen LogP contribution in [0.3, 0.4) is 0 Å². The monoisotopic (exact) mass is 397 g/mol.